The molecule has 22 heavy (non-hydrogen) atoms. The summed E-state index contributed by atoms with van der Waals surface area (Å²) in [5, 5.41) is 6.65. The Morgan fingerprint density at radius 2 is 2.05 bits per heavy atom. The van der Waals surface area contributed by atoms with Crippen molar-refractivity contribution >= 4 is 12.0 Å². The molecule has 116 valence electrons. The first kappa shape index (κ1) is 14.5. The maximum atomic E-state index is 5.75. The zero-order valence-electron chi connectivity index (χ0n) is 12.9. The number of unbranched alkanes of at least 4 members (excludes halogenated alkanes) is 1. The maximum absolute atomic E-state index is 5.75. The van der Waals surface area contributed by atoms with Crippen LogP contribution in [0.2, 0.25) is 0 Å². The van der Waals surface area contributed by atoms with Gasteiger partial charge >= 0.3 is 0 Å². The van der Waals surface area contributed by atoms with Crippen LogP contribution in [0.4, 0.5) is 5.69 Å². The molecule has 0 saturated carbocycles. The molecular weight excluding hydrogens is 276 g/mol. The van der Waals surface area contributed by atoms with Gasteiger partial charge in [-0.1, -0.05) is 25.5 Å². The Bertz CT molecular complexity index is 606. The van der Waals surface area contributed by atoms with Gasteiger partial charge in [0.1, 0.15) is 12.1 Å². The Morgan fingerprint density at radius 1 is 1.23 bits per heavy atom. The second kappa shape index (κ2) is 6.56. The van der Waals surface area contributed by atoms with Gasteiger partial charge in [-0.25, -0.2) is 0 Å². The van der Waals surface area contributed by atoms with Gasteiger partial charge in [-0.2, -0.15) is 5.10 Å². The largest absolute Gasteiger partial charge is 0.465 e. The van der Waals surface area contributed by atoms with E-state index < -0.39 is 0 Å². The molecule has 1 aliphatic rings. The number of hydrogen-bond donors (Lipinski definition) is 1. The van der Waals surface area contributed by atoms with E-state index in [1.165, 1.54) is 5.56 Å². The van der Waals surface area contributed by atoms with Gasteiger partial charge in [-0.05, 0) is 36.2 Å². The van der Waals surface area contributed by atoms with Gasteiger partial charge in [0.25, 0.3) is 0 Å². The summed E-state index contributed by atoms with van der Waals surface area (Å²) in [4.78, 5) is 2.19. The summed E-state index contributed by atoms with van der Waals surface area (Å²) < 4.78 is 5.63. The van der Waals surface area contributed by atoms with Crippen molar-refractivity contribution in [2.45, 2.75) is 32.5 Å². The molecule has 5 nitrogen and oxygen atoms in total. The molecule has 5 heteroatoms. The van der Waals surface area contributed by atoms with Crippen molar-refractivity contribution in [3.63, 3.8) is 0 Å². The summed E-state index contributed by atoms with van der Waals surface area (Å²) >= 11 is 0. The second-order valence-electron chi connectivity index (χ2n) is 5.55. The summed E-state index contributed by atoms with van der Waals surface area (Å²) in [6.07, 6.45) is 5.91. The zero-order valence-corrected chi connectivity index (χ0v) is 12.9. The van der Waals surface area contributed by atoms with Crippen molar-refractivity contribution in [2.75, 3.05) is 12.3 Å². The molecule has 1 atom stereocenters. The fraction of sp³-hybridized carbons (Fsp3) is 0.353. The average molecular weight is 298 g/mol. The number of anilines is 1. The SMILES string of the molecule is CCCCN1N=CN(Cc2ccc(N)cc2)C1c1ccco1. The van der Waals surface area contributed by atoms with E-state index in [0.717, 1.165) is 37.4 Å². The quantitative estimate of drug-likeness (QED) is 0.830. The standard InChI is InChI=1S/C17H22N4O/c1-2-3-10-21-17(16-5-4-11-22-16)20(13-19-21)12-14-6-8-15(18)9-7-14/h4-9,11,13,17H,2-3,10,12,18H2,1H3. The van der Waals surface area contributed by atoms with Gasteiger partial charge < -0.3 is 15.1 Å². The van der Waals surface area contributed by atoms with E-state index in [-0.39, 0.29) is 6.17 Å². The van der Waals surface area contributed by atoms with Crippen LogP contribution in [0.3, 0.4) is 0 Å². The van der Waals surface area contributed by atoms with Crippen LogP contribution in [-0.4, -0.2) is 22.8 Å². The number of hydrogen-bond acceptors (Lipinski definition) is 5. The highest BCUT2D eigenvalue weighted by molar-refractivity contribution is 5.58. The minimum Gasteiger partial charge on any atom is -0.465 e. The average Bonchev–Trinajstić information content (AvgIpc) is 3.17. The zero-order chi connectivity index (χ0) is 15.4. The van der Waals surface area contributed by atoms with Crippen molar-refractivity contribution in [3.05, 3.63) is 54.0 Å². The summed E-state index contributed by atoms with van der Waals surface area (Å²) in [5.74, 6) is 0.920. The van der Waals surface area contributed by atoms with E-state index in [0.29, 0.717) is 0 Å². The predicted octanol–water partition coefficient (Wildman–Crippen LogP) is 3.42. The predicted molar refractivity (Wildman–Crippen MR) is 88.0 cm³/mol. The molecule has 1 aromatic heterocycles. The third-order valence-corrected chi connectivity index (χ3v) is 3.83. The van der Waals surface area contributed by atoms with E-state index in [1.807, 2.05) is 30.6 Å². The van der Waals surface area contributed by atoms with E-state index in [2.05, 4.69) is 34.1 Å². The number of hydrazone groups is 1. The van der Waals surface area contributed by atoms with E-state index in [9.17, 15) is 0 Å². The highest BCUT2D eigenvalue weighted by Gasteiger charge is 2.31. The van der Waals surface area contributed by atoms with Crippen molar-refractivity contribution < 1.29 is 4.42 Å². The minimum absolute atomic E-state index is 0.0269. The summed E-state index contributed by atoms with van der Waals surface area (Å²) in [5.41, 5.74) is 7.74. The van der Waals surface area contributed by atoms with Crippen LogP contribution < -0.4 is 5.73 Å². The lowest BCUT2D eigenvalue weighted by atomic mass is 10.2. The normalized spacial score (nSPS) is 17.4. The van der Waals surface area contributed by atoms with Crippen LogP contribution in [0.25, 0.3) is 0 Å². The molecule has 2 heterocycles. The fourth-order valence-corrected chi connectivity index (χ4v) is 2.64. The van der Waals surface area contributed by atoms with Crippen LogP contribution in [-0.2, 0) is 6.54 Å². The number of rotatable bonds is 6. The number of furan rings is 1. The van der Waals surface area contributed by atoms with E-state index in [1.54, 1.807) is 6.26 Å². The first-order chi connectivity index (χ1) is 10.8. The molecule has 0 aliphatic carbocycles. The lowest BCUT2D eigenvalue weighted by Gasteiger charge is -2.29. The molecule has 2 aromatic rings. The van der Waals surface area contributed by atoms with Crippen molar-refractivity contribution in [1.29, 1.82) is 0 Å². The molecule has 0 fully saturated rings. The molecule has 0 radical (unpaired) electrons. The van der Waals surface area contributed by atoms with Gasteiger partial charge in [-0.15, -0.1) is 0 Å². The molecule has 2 N–H and O–H groups in total. The lowest BCUT2D eigenvalue weighted by Crippen LogP contribution is -2.31. The Kier molecular flexibility index (Phi) is 4.32. The molecule has 0 saturated heterocycles. The minimum atomic E-state index is 0.0269. The second-order valence-corrected chi connectivity index (χ2v) is 5.55. The molecule has 0 amide bonds. The van der Waals surface area contributed by atoms with Crippen LogP contribution in [0.1, 0.15) is 37.3 Å². The van der Waals surface area contributed by atoms with Crippen LogP contribution in [0.15, 0.2) is 52.2 Å². The highest BCUT2D eigenvalue weighted by atomic mass is 16.3. The Morgan fingerprint density at radius 3 is 2.73 bits per heavy atom. The Balaban J connectivity index is 1.77. The molecule has 0 bridgehead atoms. The summed E-state index contributed by atoms with van der Waals surface area (Å²) in [6, 6.07) is 11.9. The van der Waals surface area contributed by atoms with Crippen LogP contribution in [0.5, 0.6) is 0 Å². The number of benzene rings is 1. The monoisotopic (exact) mass is 298 g/mol. The van der Waals surface area contributed by atoms with Gasteiger partial charge in [0.15, 0.2) is 6.17 Å². The topological polar surface area (TPSA) is 58.0 Å². The molecular formula is C17H22N4O. The van der Waals surface area contributed by atoms with Gasteiger partial charge in [-0.3, -0.25) is 5.01 Å². The van der Waals surface area contributed by atoms with Crippen molar-refractivity contribution in [1.82, 2.24) is 9.91 Å². The maximum Gasteiger partial charge on any atom is 0.178 e. The van der Waals surface area contributed by atoms with Crippen molar-refractivity contribution in [3.8, 4) is 0 Å². The highest BCUT2D eigenvalue weighted by Crippen LogP contribution is 2.30. The Labute approximate surface area is 131 Å². The lowest BCUT2D eigenvalue weighted by molar-refractivity contribution is 0.104. The van der Waals surface area contributed by atoms with Gasteiger partial charge in [0.2, 0.25) is 0 Å². The van der Waals surface area contributed by atoms with E-state index in [4.69, 9.17) is 10.2 Å². The molecule has 1 aromatic carbocycles. The van der Waals surface area contributed by atoms with Crippen molar-refractivity contribution in [2.24, 2.45) is 5.10 Å². The Hall–Kier alpha value is -2.43. The van der Waals surface area contributed by atoms with Crippen LogP contribution >= 0.6 is 0 Å². The van der Waals surface area contributed by atoms with Crippen LogP contribution in [0, 0.1) is 0 Å². The third kappa shape index (κ3) is 3.08. The number of nitrogens with zero attached hydrogens (tertiary/aromatic N) is 3. The third-order valence-electron chi connectivity index (χ3n) is 3.83. The molecule has 1 unspecified atom stereocenters. The van der Waals surface area contributed by atoms with E-state index >= 15 is 0 Å². The summed E-state index contributed by atoms with van der Waals surface area (Å²) in [7, 11) is 0. The fourth-order valence-electron chi connectivity index (χ4n) is 2.64. The number of nitrogen functional groups attached to an aromatic ring is 1. The first-order valence-electron chi connectivity index (χ1n) is 7.72. The first-order valence-corrected chi connectivity index (χ1v) is 7.72. The van der Waals surface area contributed by atoms with Gasteiger partial charge in [0, 0.05) is 18.8 Å². The number of nitrogens with two attached hydrogens (primary N) is 1. The molecule has 0 spiro atoms. The van der Waals surface area contributed by atoms with Gasteiger partial charge in [0.05, 0.1) is 6.26 Å². The molecule has 3 rings (SSSR count). The smallest absolute Gasteiger partial charge is 0.178 e. The summed E-state index contributed by atoms with van der Waals surface area (Å²) in [6.45, 7) is 3.89. The molecule has 1 aliphatic heterocycles.